The van der Waals surface area contributed by atoms with Crippen molar-refractivity contribution >= 4 is 22.4 Å². The van der Waals surface area contributed by atoms with Crippen LogP contribution in [-0.4, -0.2) is 23.9 Å². The van der Waals surface area contributed by atoms with E-state index in [1.165, 1.54) is 12.1 Å². The van der Waals surface area contributed by atoms with E-state index in [0.717, 1.165) is 48.6 Å². The van der Waals surface area contributed by atoms with Crippen LogP contribution in [0.5, 0.6) is 0 Å². The van der Waals surface area contributed by atoms with Gasteiger partial charge >= 0.3 is 0 Å². The summed E-state index contributed by atoms with van der Waals surface area (Å²) in [6, 6.07) is 9.13. The molecule has 0 amide bonds. The summed E-state index contributed by atoms with van der Waals surface area (Å²) in [5.74, 6) is -0.625. The van der Waals surface area contributed by atoms with E-state index in [4.69, 9.17) is 0 Å². The predicted octanol–water partition coefficient (Wildman–Crippen LogP) is 6.15. The molecule has 1 aliphatic rings. The van der Waals surface area contributed by atoms with Gasteiger partial charge in [-0.3, -0.25) is 9.78 Å². The summed E-state index contributed by atoms with van der Waals surface area (Å²) in [5, 5.41) is 7.43. The SMILES string of the molecule is CC(=O)c1cc2nccc(N[C@H](C)c3cccc(C(F)F)c3F)c2cc1C1CCNCC1. The van der Waals surface area contributed by atoms with Crippen LogP contribution in [0, 0.1) is 5.82 Å². The molecule has 1 fully saturated rings. The smallest absolute Gasteiger partial charge is 0.266 e. The number of Topliss-reactive ketones (excluding diaryl/α,β-unsaturated/α-hetero) is 1. The molecule has 1 aromatic heterocycles. The molecule has 32 heavy (non-hydrogen) atoms. The number of rotatable bonds is 6. The maximum atomic E-state index is 14.7. The summed E-state index contributed by atoms with van der Waals surface area (Å²) < 4.78 is 40.9. The largest absolute Gasteiger partial charge is 0.378 e. The molecule has 2 aromatic carbocycles. The molecule has 0 unspecified atom stereocenters. The lowest BCUT2D eigenvalue weighted by molar-refractivity contribution is 0.101. The fourth-order valence-corrected chi connectivity index (χ4v) is 4.49. The molecule has 0 radical (unpaired) electrons. The maximum Gasteiger partial charge on any atom is 0.266 e. The Hall–Kier alpha value is -2.93. The second-order valence-electron chi connectivity index (χ2n) is 8.31. The molecule has 2 heterocycles. The van der Waals surface area contributed by atoms with Crippen LogP contribution in [0.25, 0.3) is 10.9 Å². The molecule has 3 aromatic rings. The van der Waals surface area contributed by atoms with Gasteiger partial charge in [-0.05, 0) is 69.5 Å². The van der Waals surface area contributed by atoms with Crippen molar-refractivity contribution in [1.29, 1.82) is 0 Å². The van der Waals surface area contributed by atoms with Crippen LogP contribution < -0.4 is 10.6 Å². The van der Waals surface area contributed by atoms with Crippen molar-refractivity contribution in [3.63, 3.8) is 0 Å². The summed E-state index contributed by atoms with van der Waals surface area (Å²) in [6.45, 7) is 5.09. The third-order valence-corrected chi connectivity index (χ3v) is 6.20. The number of carbonyl (C=O) groups is 1. The van der Waals surface area contributed by atoms with Crippen molar-refractivity contribution in [3.05, 3.63) is 70.7 Å². The van der Waals surface area contributed by atoms with Crippen LogP contribution in [0.2, 0.25) is 0 Å². The topological polar surface area (TPSA) is 54.0 Å². The van der Waals surface area contributed by atoms with Crippen molar-refractivity contribution in [1.82, 2.24) is 10.3 Å². The quantitative estimate of drug-likeness (QED) is 0.450. The van der Waals surface area contributed by atoms with E-state index in [9.17, 15) is 18.0 Å². The van der Waals surface area contributed by atoms with Gasteiger partial charge in [-0.15, -0.1) is 0 Å². The minimum absolute atomic E-state index is 0.000141. The van der Waals surface area contributed by atoms with Gasteiger partial charge < -0.3 is 10.6 Å². The van der Waals surface area contributed by atoms with Gasteiger partial charge in [0.2, 0.25) is 0 Å². The van der Waals surface area contributed by atoms with Crippen molar-refractivity contribution in [2.45, 2.75) is 45.1 Å². The third kappa shape index (κ3) is 4.35. The highest BCUT2D eigenvalue weighted by molar-refractivity contribution is 6.02. The van der Waals surface area contributed by atoms with Crippen molar-refractivity contribution in [2.75, 3.05) is 18.4 Å². The number of alkyl halides is 2. The highest BCUT2D eigenvalue weighted by Crippen LogP contribution is 2.35. The molecule has 0 saturated carbocycles. The second kappa shape index (κ2) is 9.28. The molecule has 1 atom stereocenters. The van der Waals surface area contributed by atoms with Crippen molar-refractivity contribution in [3.8, 4) is 0 Å². The Morgan fingerprint density at radius 3 is 2.56 bits per heavy atom. The first-order valence-corrected chi connectivity index (χ1v) is 10.8. The number of carbonyl (C=O) groups excluding carboxylic acids is 1. The molecule has 1 aliphatic heterocycles. The van der Waals surface area contributed by atoms with E-state index >= 15 is 0 Å². The van der Waals surface area contributed by atoms with E-state index in [0.29, 0.717) is 11.1 Å². The van der Waals surface area contributed by atoms with Gasteiger partial charge in [-0.2, -0.15) is 0 Å². The molecule has 0 spiro atoms. The minimum Gasteiger partial charge on any atom is -0.378 e. The van der Waals surface area contributed by atoms with E-state index in [2.05, 4.69) is 15.6 Å². The number of ketones is 1. The van der Waals surface area contributed by atoms with Crippen LogP contribution in [0.4, 0.5) is 18.9 Å². The normalized spacial score (nSPS) is 15.8. The predicted molar refractivity (Wildman–Crippen MR) is 120 cm³/mol. The number of aromatic nitrogens is 1. The Kier molecular flexibility index (Phi) is 6.46. The first-order valence-electron chi connectivity index (χ1n) is 10.8. The number of pyridine rings is 1. The number of piperidine rings is 1. The second-order valence-corrected chi connectivity index (χ2v) is 8.31. The van der Waals surface area contributed by atoms with Gasteiger partial charge in [0.15, 0.2) is 5.78 Å². The highest BCUT2D eigenvalue weighted by Gasteiger charge is 2.23. The van der Waals surface area contributed by atoms with E-state index < -0.39 is 23.8 Å². The van der Waals surface area contributed by atoms with Gasteiger partial charge in [0.05, 0.1) is 17.1 Å². The molecule has 0 aliphatic carbocycles. The zero-order valence-electron chi connectivity index (χ0n) is 18.1. The number of fused-ring (bicyclic) bond motifs is 1. The lowest BCUT2D eigenvalue weighted by Crippen LogP contribution is -2.27. The molecule has 168 valence electrons. The zero-order chi connectivity index (χ0) is 22.8. The molecular formula is C25H26F3N3O. The molecule has 1 saturated heterocycles. The number of halogens is 3. The highest BCUT2D eigenvalue weighted by atomic mass is 19.3. The average molecular weight is 441 g/mol. The molecular weight excluding hydrogens is 415 g/mol. The van der Waals surface area contributed by atoms with E-state index in [1.807, 2.05) is 12.1 Å². The molecule has 4 rings (SSSR count). The zero-order valence-corrected chi connectivity index (χ0v) is 18.1. The lowest BCUT2D eigenvalue weighted by Gasteiger charge is -2.25. The maximum absolute atomic E-state index is 14.7. The number of hydrogen-bond donors (Lipinski definition) is 2. The summed E-state index contributed by atoms with van der Waals surface area (Å²) in [7, 11) is 0. The summed E-state index contributed by atoms with van der Waals surface area (Å²) in [4.78, 5) is 16.8. The van der Waals surface area contributed by atoms with E-state index in [-0.39, 0.29) is 17.3 Å². The Balaban J connectivity index is 1.75. The number of nitrogens with one attached hydrogen (secondary N) is 2. The Bertz CT molecular complexity index is 1140. The first-order chi connectivity index (χ1) is 15.4. The van der Waals surface area contributed by atoms with Gasteiger partial charge in [0.1, 0.15) is 5.82 Å². The first kappa shape index (κ1) is 22.3. The summed E-state index contributed by atoms with van der Waals surface area (Å²) >= 11 is 0. The molecule has 2 N–H and O–H groups in total. The minimum atomic E-state index is -2.87. The Morgan fingerprint density at radius 2 is 1.88 bits per heavy atom. The third-order valence-electron chi connectivity index (χ3n) is 6.20. The lowest BCUT2D eigenvalue weighted by atomic mass is 9.85. The van der Waals surface area contributed by atoms with Crippen molar-refractivity contribution < 1.29 is 18.0 Å². The number of nitrogens with zero attached hydrogens (tertiary/aromatic N) is 1. The Labute approximate surface area is 185 Å². The molecule has 7 heteroatoms. The van der Waals surface area contributed by atoms with Crippen molar-refractivity contribution in [2.24, 2.45) is 0 Å². The standard InChI is InChI=1S/C25H26F3N3O/c1-14(17-4-3-5-18(24(17)26)25(27)28)31-22-8-11-30-23-13-19(15(2)32)20(12-21(22)23)16-6-9-29-10-7-16/h3-5,8,11-14,16,25,29H,6-7,9-10H2,1-2H3,(H,30,31)/t14-/m1/s1. The molecule has 4 nitrogen and oxygen atoms in total. The van der Waals surface area contributed by atoms with Gasteiger partial charge in [0, 0.05) is 28.4 Å². The fraction of sp³-hybridized carbons (Fsp3) is 0.360. The van der Waals surface area contributed by atoms with Crippen LogP contribution in [0.15, 0.2) is 42.6 Å². The Morgan fingerprint density at radius 1 is 1.16 bits per heavy atom. The van der Waals surface area contributed by atoms with Gasteiger partial charge in [0.25, 0.3) is 6.43 Å². The van der Waals surface area contributed by atoms with Crippen LogP contribution in [0.3, 0.4) is 0 Å². The van der Waals surface area contributed by atoms with Gasteiger partial charge in [-0.1, -0.05) is 18.2 Å². The van der Waals surface area contributed by atoms with Crippen LogP contribution >= 0.6 is 0 Å². The van der Waals surface area contributed by atoms with Crippen LogP contribution in [-0.2, 0) is 0 Å². The molecule has 0 bridgehead atoms. The fourth-order valence-electron chi connectivity index (χ4n) is 4.49. The average Bonchev–Trinajstić information content (AvgIpc) is 2.79. The summed E-state index contributed by atoms with van der Waals surface area (Å²) in [6.07, 6.45) is 0.631. The summed E-state index contributed by atoms with van der Waals surface area (Å²) in [5.41, 5.74) is 2.63. The number of anilines is 1. The van der Waals surface area contributed by atoms with Gasteiger partial charge in [-0.25, -0.2) is 13.2 Å². The number of benzene rings is 2. The van der Waals surface area contributed by atoms with Crippen LogP contribution in [0.1, 0.15) is 72.1 Å². The van der Waals surface area contributed by atoms with E-state index in [1.54, 1.807) is 26.1 Å². The monoisotopic (exact) mass is 441 g/mol. The number of hydrogen-bond acceptors (Lipinski definition) is 4.